The zero-order chi connectivity index (χ0) is 10.3. The second-order valence-corrected chi connectivity index (χ2v) is 3.82. The largest absolute Gasteiger partial charge is 0.493 e. The van der Waals surface area contributed by atoms with Gasteiger partial charge in [-0.05, 0) is 17.2 Å². The predicted octanol–water partition coefficient (Wildman–Crippen LogP) is 2.02. The number of nitrogens with zero attached hydrogens (tertiary/aromatic N) is 2. The summed E-state index contributed by atoms with van der Waals surface area (Å²) in [6.07, 6.45) is 4.91. The number of aryl methyl sites for hydroxylation is 1. The van der Waals surface area contributed by atoms with E-state index in [1.807, 2.05) is 24.1 Å². The fraction of sp³-hybridized carbons (Fsp3) is 0.250. The van der Waals surface area contributed by atoms with Crippen LogP contribution >= 0.6 is 0 Å². The summed E-state index contributed by atoms with van der Waals surface area (Å²) in [5, 5.41) is 4.16. The van der Waals surface area contributed by atoms with Gasteiger partial charge in [-0.3, -0.25) is 4.68 Å². The van der Waals surface area contributed by atoms with Gasteiger partial charge in [0.2, 0.25) is 0 Å². The van der Waals surface area contributed by atoms with Crippen LogP contribution in [0.2, 0.25) is 0 Å². The monoisotopic (exact) mass is 200 g/mol. The van der Waals surface area contributed by atoms with Crippen LogP contribution in [0.15, 0.2) is 30.6 Å². The Kier molecular flexibility index (Phi) is 1.78. The average molecular weight is 200 g/mol. The van der Waals surface area contributed by atoms with Crippen LogP contribution in [0.1, 0.15) is 5.56 Å². The van der Waals surface area contributed by atoms with Crippen molar-refractivity contribution in [2.24, 2.45) is 7.05 Å². The summed E-state index contributed by atoms with van der Waals surface area (Å²) in [6, 6.07) is 6.37. The second-order valence-electron chi connectivity index (χ2n) is 3.82. The van der Waals surface area contributed by atoms with Crippen LogP contribution in [0.3, 0.4) is 0 Å². The Morgan fingerprint density at radius 3 is 3.07 bits per heavy atom. The molecule has 76 valence electrons. The lowest BCUT2D eigenvalue weighted by atomic mass is 10.1. The van der Waals surface area contributed by atoms with E-state index in [9.17, 15) is 0 Å². The van der Waals surface area contributed by atoms with Crippen LogP contribution < -0.4 is 4.74 Å². The van der Waals surface area contributed by atoms with Gasteiger partial charge in [0, 0.05) is 25.2 Å². The molecule has 0 N–H and O–H groups in total. The number of rotatable bonds is 1. The first-order valence-electron chi connectivity index (χ1n) is 5.08. The van der Waals surface area contributed by atoms with E-state index in [-0.39, 0.29) is 0 Å². The van der Waals surface area contributed by atoms with Crippen molar-refractivity contribution < 1.29 is 4.74 Å². The topological polar surface area (TPSA) is 27.1 Å². The van der Waals surface area contributed by atoms with Crippen LogP contribution in [0.4, 0.5) is 0 Å². The highest BCUT2D eigenvalue weighted by atomic mass is 16.5. The molecule has 15 heavy (non-hydrogen) atoms. The van der Waals surface area contributed by atoms with Crippen LogP contribution in [0.25, 0.3) is 11.1 Å². The minimum absolute atomic E-state index is 0.811. The Labute approximate surface area is 88.3 Å². The molecule has 3 nitrogen and oxygen atoms in total. The van der Waals surface area contributed by atoms with E-state index in [1.165, 1.54) is 11.1 Å². The molecule has 0 saturated heterocycles. The number of fused-ring (bicyclic) bond motifs is 1. The summed E-state index contributed by atoms with van der Waals surface area (Å²) in [4.78, 5) is 0. The molecule has 0 atom stereocenters. The maximum Gasteiger partial charge on any atom is 0.123 e. The summed E-state index contributed by atoms with van der Waals surface area (Å²) in [5.41, 5.74) is 3.61. The van der Waals surface area contributed by atoms with Gasteiger partial charge in [-0.2, -0.15) is 5.10 Å². The fourth-order valence-corrected chi connectivity index (χ4v) is 1.92. The van der Waals surface area contributed by atoms with Crippen molar-refractivity contribution in [3.05, 3.63) is 36.2 Å². The van der Waals surface area contributed by atoms with Crippen molar-refractivity contribution in [2.75, 3.05) is 6.61 Å². The van der Waals surface area contributed by atoms with Crippen LogP contribution in [0.5, 0.6) is 5.75 Å². The number of benzene rings is 1. The molecule has 0 fully saturated rings. The molecule has 2 heterocycles. The molecule has 1 aliphatic rings. The van der Waals surface area contributed by atoms with Gasteiger partial charge in [-0.25, -0.2) is 0 Å². The van der Waals surface area contributed by atoms with Gasteiger partial charge in [0.15, 0.2) is 0 Å². The van der Waals surface area contributed by atoms with Gasteiger partial charge in [0.05, 0.1) is 12.8 Å². The van der Waals surface area contributed by atoms with Crippen molar-refractivity contribution in [1.82, 2.24) is 9.78 Å². The average Bonchev–Trinajstić information content (AvgIpc) is 2.84. The number of ether oxygens (including phenoxy) is 1. The Hall–Kier alpha value is -1.77. The zero-order valence-electron chi connectivity index (χ0n) is 8.60. The van der Waals surface area contributed by atoms with E-state index in [2.05, 4.69) is 23.3 Å². The third-order valence-corrected chi connectivity index (χ3v) is 2.73. The van der Waals surface area contributed by atoms with Crippen molar-refractivity contribution >= 4 is 0 Å². The van der Waals surface area contributed by atoms with Crippen LogP contribution in [-0.2, 0) is 13.5 Å². The van der Waals surface area contributed by atoms with Crippen LogP contribution in [0, 0.1) is 0 Å². The van der Waals surface area contributed by atoms with Crippen molar-refractivity contribution in [3.63, 3.8) is 0 Å². The number of hydrogen-bond donors (Lipinski definition) is 0. The van der Waals surface area contributed by atoms with E-state index >= 15 is 0 Å². The molecule has 1 aromatic carbocycles. The maximum absolute atomic E-state index is 5.54. The highest BCUT2D eigenvalue weighted by Gasteiger charge is 2.12. The van der Waals surface area contributed by atoms with Crippen molar-refractivity contribution in [2.45, 2.75) is 6.42 Å². The fourth-order valence-electron chi connectivity index (χ4n) is 1.92. The van der Waals surface area contributed by atoms with E-state index in [0.717, 1.165) is 24.3 Å². The van der Waals surface area contributed by atoms with Crippen molar-refractivity contribution in [3.8, 4) is 16.9 Å². The molecule has 0 spiro atoms. The molecule has 3 heteroatoms. The Morgan fingerprint density at radius 2 is 2.27 bits per heavy atom. The predicted molar refractivity (Wildman–Crippen MR) is 57.8 cm³/mol. The maximum atomic E-state index is 5.54. The molecule has 0 amide bonds. The quantitative estimate of drug-likeness (QED) is 0.704. The molecule has 1 aromatic heterocycles. The standard InChI is InChI=1S/C12H12N2O/c1-14-8-11(7-13-14)10-3-2-9-4-5-15-12(9)6-10/h2-3,6-8H,4-5H2,1H3. The Balaban J connectivity index is 2.06. The number of aromatic nitrogens is 2. The summed E-state index contributed by atoms with van der Waals surface area (Å²) >= 11 is 0. The van der Waals surface area contributed by atoms with Gasteiger partial charge in [-0.15, -0.1) is 0 Å². The summed E-state index contributed by atoms with van der Waals surface area (Å²) in [6.45, 7) is 0.811. The molecule has 0 saturated carbocycles. The first-order valence-corrected chi connectivity index (χ1v) is 5.08. The summed E-state index contributed by atoms with van der Waals surface area (Å²) in [5.74, 6) is 1.02. The zero-order valence-corrected chi connectivity index (χ0v) is 8.60. The third kappa shape index (κ3) is 1.40. The highest BCUT2D eigenvalue weighted by Crippen LogP contribution is 2.30. The van der Waals surface area contributed by atoms with Crippen LogP contribution in [-0.4, -0.2) is 16.4 Å². The Morgan fingerprint density at radius 1 is 1.33 bits per heavy atom. The molecule has 2 aromatic rings. The van der Waals surface area contributed by atoms with Gasteiger partial charge < -0.3 is 4.74 Å². The third-order valence-electron chi connectivity index (χ3n) is 2.73. The molecule has 3 rings (SSSR count). The van der Waals surface area contributed by atoms with E-state index in [1.54, 1.807) is 0 Å². The van der Waals surface area contributed by atoms with E-state index < -0.39 is 0 Å². The highest BCUT2D eigenvalue weighted by molar-refractivity contribution is 5.65. The minimum Gasteiger partial charge on any atom is -0.493 e. The van der Waals surface area contributed by atoms with E-state index in [0.29, 0.717) is 0 Å². The van der Waals surface area contributed by atoms with Gasteiger partial charge in [-0.1, -0.05) is 12.1 Å². The molecular formula is C12H12N2O. The molecule has 0 bridgehead atoms. The summed E-state index contributed by atoms with van der Waals surface area (Å²) in [7, 11) is 1.92. The van der Waals surface area contributed by atoms with Gasteiger partial charge in [0.25, 0.3) is 0 Å². The summed E-state index contributed by atoms with van der Waals surface area (Å²) < 4.78 is 7.35. The lowest BCUT2D eigenvalue weighted by molar-refractivity contribution is 0.357. The first-order chi connectivity index (χ1) is 7.33. The minimum atomic E-state index is 0.811. The second kappa shape index (κ2) is 3.12. The van der Waals surface area contributed by atoms with Gasteiger partial charge in [0.1, 0.15) is 5.75 Å². The molecule has 0 aliphatic carbocycles. The number of hydrogen-bond acceptors (Lipinski definition) is 2. The molecule has 0 radical (unpaired) electrons. The molecular weight excluding hydrogens is 188 g/mol. The smallest absolute Gasteiger partial charge is 0.123 e. The normalized spacial score (nSPS) is 13.7. The Bertz CT molecular complexity index is 502. The lowest BCUT2D eigenvalue weighted by Gasteiger charge is -2.01. The van der Waals surface area contributed by atoms with Crippen molar-refractivity contribution in [1.29, 1.82) is 0 Å². The molecule has 1 aliphatic heterocycles. The molecule has 0 unspecified atom stereocenters. The van der Waals surface area contributed by atoms with Gasteiger partial charge >= 0.3 is 0 Å². The lowest BCUT2D eigenvalue weighted by Crippen LogP contribution is -1.86. The first kappa shape index (κ1) is 8.53. The van der Waals surface area contributed by atoms with E-state index in [4.69, 9.17) is 4.74 Å². The SMILES string of the molecule is Cn1cc(-c2ccc3c(c2)OCC3)cn1.